The Labute approximate surface area is 95.0 Å². The van der Waals surface area contributed by atoms with Crippen LogP contribution in [-0.4, -0.2) is 53.9 Å². The summed E-state index contributed by atoms with van der Waals surface area (Å²) in [6.45, 7) is -4.78. The number of hydrogen-bond donors (Lipinski definition) is 1. The van der Waals surface area contributed by atoms with Crippen LogP contribution in [0.15, 0.2) is 0 Å². The molecule has 11 heteroatoms. The van der Waals surface area contributed by atoms with E-state index >= 15 is 0 Å². The average Bonchev–Trinajstić information content (AvgIpc) is 2.12. The third-order valence-electron chi connectivity index (χ3n) is 1.65. The van der Waals surface area contributed by atoms with Gasteiger partial charge in [0.1, 0.15) is 6.54 Å². The maximum atomic E-state index is 12.5. The van der Waals surface area contributed by atoms with Gasteiger partial charge in [0.2, 0.25) is 0 Å². The van der Waals surface area contributed by atoms with Gasteiger partial charge in [0.15, 0.2) is 0 Å². The van der Waals surface area contributed by atoms with Gasteiger partial charge in [-0.2, -0.15) is 35.1 Å². The molecule has 0 radical (unpaired) electrons. The average molecular weight is 289 g/mol. The lowest BCUT2D eigenvalue weighted by atomic mass is 10.2. The zero-order chi connectivity index (χ0) is 14.8. The number of amides is 1. The molecule has 0 heterocycles. The molecule has 0 aromatic carbocycles. The molecular weight excluding hydrogens is 282 g/mol. The highest BCUT2D eigenvalue weighted by Crippen LogP contribution is 2.37. The summed E-state index contributed by atoms with van der Waals surface area (Å²) >= 11 is 0. The van der Waals surface area contributed by atoms with Crippen molar-refractivity contribution in [3.05, 3.63) is 0 Å². The molecule has 0 rings (SSSR count). The SMILES string of the molecule is O=C(N(CCO)CC(F)(F)F)C(F)(F)C(F)(F)F. The van der Waals surface area contributed by atoms with Crippen molar-refractivity contribution in [1.82, 2.24) is 4.90 Å². The molecule has 18 heavy (non-hydrogen) atoms. The summed E-state index contributed by atoms with van der Waals surface area (Å²) in [5.41, 5.74) is 0. The van der Waals surface area contributed by atoms with Gasteiger partial charge in [-0.05, 0) is 0 Å². The van der Waals surface area contributed by atoms with E-state index in [0.717, 1.165) is 0 Å². The second kappa shape index (κ2) is 5.24. The standard InChI is InChI=1S/C7H7F8NO2/c8-5(9,10)3-16(1-2-17)4(18)6(11,12)7(13,14)15/h17H,1-3H2. The van der Waals surface area contributed by atoms with Crippen molar-refractivity contribution >= 4 is 5.91 Å². The van der Waals surface area contributed by atoms with Gasteiger partial charge < -0.3 is 10.0 Å². The predicted molar refractivity (Wildman–Crippen MR) is 40.7 cm³/mol. The molecule has 0 atom stereocenters. The van der Waals surface area contributed by atoms with Crippen LogP contribution in [0.1, 0.15) is 0 Å². The molecule has 0 saturated heterocycles. The zero-order valence-corrected chi connectivity index (χ0v) is 8.45. The van der Waals surface area contributed by atoms with Crippen LogP contribution in [0.3, 0.4) is 0 Å². The minimum absolute atomic E-state index is 0.798. The van der Waals surface area contributed by atoms with Gasteiger partial charge in [-0.1, -0.05) is 0 Å². The van der Waals surface area contributed by atoms with E-state index in [2.05, 4.69) is 0 Å². The summed E-state index contributed by atoms with van der Waals surface area (Å²) in [4.78, 5) is 9.93. The first-order chi connectivity index (χ1) is 7.83. The molecule has 0 saturated carbocycles. The Morgan fingerprint density at radius 1 is 1.00 bits per heavy atom. The summed E-state index contributed by atoms with van der Waals surface area (Å²) < 4.78 is 96.0. The molecular formula is C7H7F8NO2. The Balaban J connectivity index is 5.09. The van der Waals surface area contributed by atoms with Gasteiger partial charge in [0.25, 0.3) is 0 Å². The van der Waals surface area contributed by atoms with Crippen molar-refractivity contribution in [2.75, 3.05) is 19.7 Å². The van der Waals surface area contributed by atoms with Crippen molar-refractivity contribution in [2.45, 2.75) is 18.3 Å². The van der Waals surface area contributed by atoms with Gasteiger partial charge >= 0.3 is 24.2 Å². The minimum Gasteiger partial charge on any atom is -0.395 e. The van der Waals surface area contributed by atoms with Crippen LogP contribution in [0.4, 0.5) is 35.1 Å². The first kappa shape index (κ1) is 16.9. The highest BCUT2D eigenvalue weighted by atomic mass is 19.4. The molecule has 0 aliphatic rings. The summed E-state index contributed by atoms with van der Waals surface area (Å²) in [6.07, 6.45) is -11.5. The lowest BCUT2D eigenvalue weighted by Gasteiger charge is -2.28. The number of carbonyl (C=O) groups excluding carboxylic acids is 1. The second-order valence-electron chi connectivity index (χ2n) is 3.14. The summed E-state index contributed by atoms with van der Waals surface area (Å²) in [5.74, 6) is -8.99. The lowest BCUT2D eigenvalue weighted by Crippen LogP contribution is -2.54. The fourth-order valence-corrected chi connectivity index (χ4v) is 0.909. The maximum absolute atomic E-state index is 12.5. The third-order valence-corrected chi connectivity index (χ3v) is 1.65. The monoisotopic (exact) mass is 289 g/mol. The van der Waals surface area contributed by atoms with Gasteiger partial charge in [-0.3, -0.25) is 4.79 Å². The molecule has 0 aromatic heterocycles. The van der Waals surface area contributed by atoms with E-state index in [4.69, 9.17) is 5.11 Å². The Hall–Kier alpha value is -1.13. The van der Waals surface area contributed by atoms with Crippen LogP contribution < -0.4 is 0 Å². The molecule has 0 spiro atoms. The fourth-order valence-electron chi connectivity index (χ4n) is 0.909. The van der Waals surface area contributed by atoms with Crippen LogP contribution in [0.25, 0.3) is 0 Å². The van der Waals surface area contributed by atoms with E-state index in [0.29, 0.717) is 0 Å². The number of carbonyl (C=O) groups is 1. The van der Waals surface area contributed by atoms with Crippen LogP contribution in [0.2, 0.25) is 0 Å². The van der Waals surface area contributed by atoms with E-state index in [-0.39, 0.29) is 0 Å². The Bertz CT molecular complexity index is 297. The van der Waals surface area contributed by atoms with Crippen molar-refractivity contribution in [2.24, 2.45) is 0 Å². The molecule has 3 nitrogen and oxygen atoms in total. The van der Waals surface area contributed by atoms with Gasteiger partial charge in [-0.15, -0.1) is 0 Å². The predicted octanol–water partition coefficient (Wildman–Crippen LogP) is 1.57. The number of hydrogen-bond acceptors (Lipinski definition) is 2. The van der Waals surface area contributed by atoms with Gasteiger partial charge in [0.05, 0.1) is 6.61 Å². The van der Waals surface area contributed by atoms with Crippen molar-refractivity contribution in [3.63, 3.8) is 0 Å². The first-order valence-corrected chi connectivity index (χ1v) is 4.24. The van der Waals surface area contributed by atoms with Gasteiger partial charge in [0, 0.05) is 6.54 Å². The van der Waals surface area contributed by atoms with Gasteiger partial charge in [-0.25, -0.2) is 0 Å². The summed E-state index contributed by atoms with van der Waals surface area (Å²) in [6, 6.07) is 0. The molecule has 0 aromatic rings. The van der Waals surface area contributed by atoms with E-state index in [1.54, 1.807) is 0 Å². The van der Waals surface area contributed by atoms with Crippen LogP contribution in [-0.2, 0) is 4.79 Å². The molecule has 0 fully saturated rings. The van der Waals surface area contributed by atoms with E-state index in [1.165, 1.54) is 0 Å². The third kappa shape index (κ3) is 4.27. The topological polar surface area (TPSA) is 40.5 Å². The number of rotatable bonds is 4. The number of aliphatic hydroxyl groups is 1. The number of aliphatic hydroxyl groups excluding tert-OH is 1. The van der Waals surface area contributed by atoms with E-state index in [1.807, 2.05) is 0 Å². The normalized spacial score (nSPS) is 13.6. The highest BCUT2D eigenvalue weighted by molar-refractivity contribution is 5.84. The summed E-state index contributed by atoms with van der Waals surface area (Å²) in [5, 5.41) is 8.26. The minimum atomic E-state index is -6.30. The maximum Gasteiger partial charge on any atom is 0.463 e. The largest absolute Gasteiger partial charge is 0.463 e. The van der Waals surface area contributed by atoms with Crippen molar-refractivity contribution in [1.29, 1.82) is 0 Å². The smallest absolute Gasteiger partial charge is 0.395 e. The Morgan fingerprint density at radius 2 is 1.44 bits per heavy atom. The zero-order valence-electron chi connectivity index (χ0n) is 8.45. The van der Waals surface area contributed by atoms with Crippen molar-refractivity contribution in [3.8, 4) is 0 Å². The molecule has 0 bridgehead atoms. The fraction of sp³-hybridized carbons (Fsp3) is 0.857. The quantitative estimate of drug-likeness (QED) is 0.798. The lowest BCUT2D eigenvalue weighted by molar-refractivity contribution is -0.276. The number of halogens is 8. The Morgan fingerprint density at radius 3 is 1.72 bits per heavy atom. The summed E-state index contributed by atoms with van der Waals surface area (Å²) in [7, 11) is 0. The van der Waals surface area contributed by atoms with Crippen LogP contribution in [0.5, 0.6) is 0 Å². The van der Waals surface area contributed by atoms with E-state index in [9.17, 15) is 39.9 Å². The molecule has 0 unspecified atom stereocenters. The second-order valence-corrected chi connectivity index (χ2v) is 3.14. The molecule has 0 aliphatic carbocycles. The van der Waals surface area contributed by atoms with Crippen LogP contribution in [0, 0.1) is 0 Å². The van der Waals surface area contributed by atoms with Crippen LogP contribution >= 0.6 is 0 Å². The first-order valence-electron chi connectivity index (χ1n) is 4.24. The van der Waals surface area contributed by atoms with E-state index < -0.39 is 48.8 Å². The number of alkyl halides is 8. The Kier molecular flexibility index (Phi) is 4.91. The number of nitrogens with zero attached hydrogens (tertiary/aromatic N) is 1. The molecule has 0 aliphatic heterocycles. The molecule has 1 amide bonds. The molecule has 108 valence electrons. The highest BCUT2D eigenvalue weighted by Gasteiger charge is 2.65. The van der Waals surface area contributed by atoms with Crippen molar-refractivity contribution < 1.29 is 45.0 Å². The molecule has 1 N–H and O–H groups in total.